The predicted molar refractivity (Wildman–Crippen MR) is 78.6 cm³/mol. The second-order valence-corrected chi connectivity index (χ2v) is 7.61. The summed E-state index contributed by atoms with van der Waals surface area (Å²) in [7, 11) is 0. The Morgan fingerprint density at radius 2 is 2.00 bits per heavy atom. The van der Waals surface area contributed by atoms with Crippen LogP contribution in [0.5, 0.6) is 0 Å². The first-order valence-electron chi connectivity index (χ1n) is 6.39. The van der Waals surface area contributed by atoms with E-state index in [1.807, 2.05) is 11.3 Å². The van der Waals surface area contributed by atoms with E-state index in [2.05, 4.69) is 18.8 Å². The van der Waals surface area contributed by atoms with Crippen LogP contribution in [0, 0.1) is 0 Å². The van der Waals surface area contributed by atoms with E-state index in [0.717, 1.165) is 17.1 Å². The maximum Gasteiger partial charge on any atom is 0.152 e. The van der Waals surface area contributed by atoms with E-state index in [9.17, 15) is 0 Å². The summed E-state index contributed by atoms with van der Waals surface area (Å²) in [6, 6.07) is 0. The Hall–Kier alpha value is -0.810. The molecule has 0 aromatic carbocycles. The van der Waals surface area contributed by atoms with Crippen molar-refractivity contribution < 1.29 is 0 Å². The van der Waals surface area contributed by atoms with Crippen LogP contribution in [0.1, 0.15) is 37.3 Å². The Morgan fingerprint density at radius 3 is 2.78 bits per heavy atom. The van der Waals surface area contributed by atoms with Crippen molar-refractivity contribution in [2.75, 3.05) is 5.73 Å². The Balaban J connectivity index is 2.12. The van der Waals surface area contributed by atoms with Crippen molar-refractivity contribution >= 4 is 28.9 Å². The molecule has 0 saturated heterocycles. The summed E-state index contributed by atoms with van der Waals surface area (Å²) in [5.41, 5.74) is 8.17. The van der Waals surface area contributed by atoms with Gasteiger partial charge in [-0.15, -0.1) is 23.1 Å². The van der Waals surface area contributed by atoms with Crippen molar-refractivity contribution in [1.29, 1.82) is 0 Å². The molecule has 2 aliphatic heterocycles. The number of nitrogen functional groups attached to an aromatic ring is 1. The van der Waals surface area contributed by atoms with Crippen molar-refractivity contribution in [2.45, 2.75) is 49.8 Å². The minimum atomic E-state index is 0.519. The van der Waals surface area contributed by atoms with Crippen molar-refractivity contribution in [3.63, 3.8) is 0 Å². The maximum atomic E-state index is 6.01. The highest BCUT2D eigenvalue weighted by atomic mass is 32.2. The van der Waals surface area contributed by atoms with Crippen molar-refractivity contribution in [1.82, 2.24) is 9.97 Å². The van der Waals surface area contributed by atoms with Gasteiger partial charge in [0.15, 0.2) is 5.82 Å². The average Bonchev–Trinajstić information content (AvgIpc) is 2.63. The quantitative estimate of drug-likeness (QED) is 0.853. The van der Waals surface area contributed by atoms with E-state index in [1.165, 1.54) is 34.7 Å². The van der Waals surface area contributed by atoms with Gasteiger partial charge in [0.1, 0.15) is 10.7 Å². The van der Waals surface area contributed by atoms with Gasteiger partial charge in [0.25, 0.3) is 0 Å². The molecule has 0 aromatic heterocycles. The summed E-state index contributed by atoms with van der Waals surface area (Å²) in [5, 5.41) is 1.58. The number of aromatic nitrogens is 2. The van der Waals surface area contributed by atoms with E-state index in [4.69, 9.17) is 10.7 Å². The second kappa shape index (κ2) is 4.70. The molecule has 1 aliphatic carbocycles. The molecule has 3 aliphatic rings. The first-order valence-corrected chi connectivity index (χ1v) is 8.09. The molecule has 5 heteroatoms. The lowest BCUT2D eigenvalue weighted by Gasteiger charge is -2.15. The van der Waals surface area contributed by atoms with Crippen molar-refractivity contribution in [2.24, 2.45) is 0 Å². The summed E-state index contributed by atoms with van der Waals surface area (Å²) in [6.07, 6.45) is 4.80. The van der Waals surface area contributed by atoms with Crippen LogP contribution in [0.4, 0.5) is 5.82 Å². The first kappa shape index (κ1) is 12.2. The zero-order valence-corrected chi connectivity index (χ0v) is 12.3. The maximum absolute atomic E-state index is 6.01. The summed E-state index contributed by atoms with van der Waals surface area (Å²) in [6.45, 7) is 4.36. The Bertz CT molecular complexity index is 548. The molecule has 2 N–H and O–H groups in total. The highest BCUT2D eigenvalue weighted by Crippen LogP contribution is 2.43. The molecule has 18 heavy (non-hydrogen) atoms. The highest BCUT2D eigenvalue weighted by molar-refractivity contribution is 8.00. The van der Waals surface area contributed by atoms with Crippen LogP contribution in [-0.4, -0.2) is 15.2 Å². The van der Waals surface area contributed by atoms with Gasteiger partial charge in [-0.25, -0.2) is 9.97 Å². The number of nitrogens with two attached hydrogens (primary N) is 1. The molecule has 0 amide bonds. The Kier molecular flexibility index (Phi) is 3.20. The normalized spacial score (nSPS) is 15.3. The molecule has 0 spiro atoms. The van der Waals surface area contributed by atoms with E-state index < -0.39 is 0 Å². The standard InChI is InChI=1S/C13H17N3S2/c1-7(2)17-13-11-10(12(14)16-13)15-8-5-3-4-6-9(8)18-11/h7H,3-6H2,1-2H3,(H2,14,16). The van der Waals surface area contributed by atoms with Crippen LogP contribution >= 0.6 is 23.1 Å². The third-order valence-electron chi connectivity index (χ3n) is 3.08. The largest absolute Gasteiger partial charge is 0.382 e. The molecule has 0 aromatic rings. The van der Waals surface area contributed by atoms with E-state index >= 15 is 0 Å². The molecular formula is C13H17N3S2. The van der Waals surface area contributed by atoms with Crippen LogP contribution in [-0.2, 0) is 12.8 Å². The third-order valence-corrected chi connectivity index (χ3v) is 5.48. The van der Waals surface area contributed by atoms with Gasteiger partial charge in [0.2, 0.25) is 0 Å². The molecule has 3 nitrogen and oxygen atoms in total. The summed E-state index contributed by atoms with van der Waals surface area (Å²) in [4.78, 5) is 11.9. The number of hydrogen-bond acceptors (Lipinski definition) is 5. The number of nitrogens with zero attached hydrogens (tertiary/aromatic N) is 2. The van der Waals surface area contributed by atoms with Gasteiger partial charge in [-0.2, -0.15) is 0 Å². The van der Waals surface area contributed by atoms with Gasteiger partial charge in [-0.1, -0.05) is 13.8 Å². The van der Waals surface area contributed by atoms with Gasteiger partial charge in [-0.3, -0.25) is 0 Å². The summed E-state index contributed by atoms with van der Waals surface area (Å²) in [5.74, 6) is 0.595. The molecular weight excluding hydrogens is 262 g/mol. The lowest BCUT2D eigenvalue weighted by atomic mass is 10.0. The van der Waals surface area contributed by atoms with E-state index in [0.29, 0.717) is 11.1 Å². The van der Waals surface area contributed by atoms with Crippen molar-refractivity contribution in [3.05, 3.63) is 10.6 Å². The number of fused-ring (bicyclic) bond motifs is 2. The third kappa shape index (κ3) is 2.10. The fourth-order valence-electron chi connectivity index (χ4n) is 2.28. The van der Waals surface area contributed by atoms with Crippen LogP contribution in [0.25, 0.3) is 10.6 Å². The van der Waals surface area contributed by atoms with Gasteiger partial charge < -0.3 is 5.73 Å². The molecule has 0 unspecified atom stereocenters. The zero-order chi connectivity index (χ0) is 12.7. The van der Waals surface area contributed by atoms with Crippen LogP contribution < -0.4 is 5.73 Å². The second-order valence-electron chi connectivity index (χ2n) is 4.94. The molecule has 0 radical (unpaired) electrons. The number of aryl methyl sites for hydroxylation is 2. The minimum Gasteiger partial charge on any atom is -0.382 e. The number of thioether (sulfide) groups is 1. The SMILES string of the molecule is CC(C)Sc1nc(N)c2nc3c(sc1-2)CCCC3. The van der Waals surface area contributed by atoms with Crippen LogP contribution in [0.3, 0.4) is 0 Å². The van der Waals surface area contributed by atoms with E-state index in [-0.39, 0.29) is 0 Å². The van der Waals surface area contributed by atoms with Gasteiger partial charge >= 0.3 is 0 Å². The van der Waals surface area contributed by atoms with Crippen molar-refractivity contribution in [3.8, 4) is 10.6 Å². The molecule has 0 atom stereocenters. The number of rotatable bonds is 2. The lowest BCUT2D eigenvalue weighted by Crippen LogP contribution is -2.05. The topological polar surface area (TPSA) is 51.8 Å². The average molecular weight is 279 g/mol. The Morgan fingerprint density at radius 1 is 1.22 bits per heavy atom. The molecule has 3 rings (SSSR count). The van der Waals surface area contributed by atoms with Gasteiger partial charge in [0.05, 0.1) is 10.6 Å². The molecule has 2 heterocycles. The predicted octanol–water partition coefficient (Wildman–Crippen LogP) is 3.60. The first-order chi connectivity index (χ1) is 8.65. The summed E-state index contributed by atoms with van der Waals surface area (Å²) >= 11 is 3.63. The van der Waals surface area contributed by atoms with Gasteiger partial charge in [0, 0.05) is 10.1 Å². The smallest absolute Gasteiger partial charge is 0.152 e. The highest BCUT2D eigenvalue weighted by Gasteiger charge is 2.24. The fraction of sp³-hybridized carbons (Fsp3) is 0.538. The molecule has 96 valence electrons. The molecule has 0 fully saturated rings. The van der Waals surface area contributed by atoms with Gasteiger partial charge in [-0.05, 0) is 25.7 Å². The monoisotopic (exact) mass is 279 g/mol. The molecule has 0 saturated carbocycles. The fourth-order valence-corrected chi connectivity index (χ4v) is 4.49. The Labute approximate surface area is 116 Å². The minimum absolute atomic E-state index is 0.519. The zero-order valence-electron chi connectivity index (χ0n) is 10.7. The van der Waals surface area contributed by atoms with Crippen LogP contribution in [0.15, 0.2) is 5.03 Å². The molecule has 0 bridgehead atoms. The summed E-state index contributed by atoms with van der Waals surface area (Å²) < 4.78 is 0. The van der Waals surface area contributed by atoms with Crippen LogP contribution in [0.2, 0.25) is 0 Å². The lowest BCUT2D eigenvalue weighted by molar-refractivity contribution is 0.679. The number of hydrogen-bond donors (Lipinski definition) is 1. The number of anilines is 1. The van der Waals surface area contributed by atoms with E-state index in [1.54, 1.807) is 11.8 Å².